The van der Waals surface area contributed by atoms with Crippen molar-refractivity contribution in [3.63, 3.8) is 0 Å². The molecule has 7 heteroatoms. The van der Waals surface area contributed by atoms with Crippen LogP contribution >= 0.6 is 11.6 Å². The highest BCUT2D eigenvalue weighted by Gasteiger charge is 2.09. The van der Waals surface area contributed by atoms with Gasteiger partial charge >= 0.3 is 0 Å². The van der Waals surface area contributed by atoms with Gasteiger partial charge in [-0.1, -0.05) is 35.9 Å². The van der Waals surface area contributed by atoms with Crippen molar-refractivity contribution in [1.82, 2.24) is 9.78 Å². The fourth-order valence-corrected chi connectivity index (χ4v) is 3.42. The summed E-state index contributed by atoms with van der Waals surface area (Å²) in [4.78, 5) is 12.6. The van der Waals surface area contributed by atoms with E-state index in [0.29, 0.717) is 29.4 Å². The molecule has 1 heterocycles. The van der Waals surface area contributed by atoms with Crippen LogP contribution in [0.4, 0.5) is 5.69 Å². The Morgan fingerprint density at radius 3 is 2.61 bits per heavy atom. The summed E-state index contributed by atoms with van der Waals surface area (Å²) in [5, 5.41) is 7.93. The topological polar surface area (TPSA) is 65.4 Å². The third-order valence-corrected chi connectivity index (χ3v) is 5.54. The lowest BCUT2D eigenvalue weighted by molar-refractivity contribution is 0.102. The van der Waals surface area contributed by atoms with E-state index in [9.17, 15) is 4.79 Å². The number of amides is 1. The molecule has 1 N–H and O–H groups in total. The smallest absolute Gasteiger partial charge is 0.255 e. The summed E-state index contributed by atoms with van der Waals surface area (Å²) in [6.07, 6.45) is 3.43. The Kier molecular flexibility index (Phi) is 6.95. The summed E-state index contributed by atoms with van der Waals surface area (Å²) < 4.78 is 12.8. The van der Waals surface area contributed by atoms with E-state index in [1.807, 2.05) is 61.5 Å². The molecule has 0 aliphatic rings. The third kappa shape index (κ3) is 5.93. The molecule has 1 aromatic heterocycles. The number of nitrogens with one attached hydrogen (secondary N) is 1. The van der Waals surface area contributed by atoms with Gasteiger partial charge in [0.05, 0.1) is 25.5 Å². The highest BCUT2D eigenvalue weighted by molar-refractivity contribution is 6.31. The molecule has 4 aromatic rings. The molecular formula is C26H24ClN3O3. The fraction of sp³-hybridized carbons (Fsp3) is 0.154. The van der Waals surface area contributed by atoms with Gasteiger partial charge in [0.25, 0.3) is 5.91 Å². The quantitative estimate of drug-likeness (QED) is 0.363. The number of halogens is 1. The second-order valence-corrected chi connectivity index (χ2v) is 8.04. The summed E-state index contributed by atoms with van der Waals surface area (Å²) in [7, 11) is 1.64. The van der Waals surface area contributed by atoms with E-state index >= 15 is 0 Å². The number of aryl methyl sites for hydroxylation is 1. The number of methoxy groups -OCH3 is 1. The molecule has 0 unspecified atom stereocenters. The van der Waals surface area contributed by atoms with E-state index < -0.39 is 0 Å². The van der Waals surface area contributed by atoms with Gasteiger partial charge in [-0.15, -0.1) is 0 Å². The number of anilines is 1. The molecule has 0 saturated carbocycles. The third-order valence-electron chi connectivity index (χ3n) is 5.12. The van der Waals surface area contributed by atoms with Gasteiger partial charge < -0.3 is 14.8 Å². The summed E-state index contributed by atoms with van der Waals surface area (Å²) in [5.41, 5.74) is 4.18. The van der Waals surface area contributed by atoms with E-state index in [4.69, 9.17) is 21.1 Å². The van der Waals surface area contributed by atoms with Crippen LogP contribution in [-0.4, -0.2) is 22.8 Å². The number of hydrogen-bond acceptors (Lipinski definition) is 4. The molecule has 0 fully saturated rings. The van der Waals surface area contributed by atoms with Crippen LogP contribution in [0.1, 0.15) is 27.0 Å². The number of benzene rings is 3. The average molecular weight is 462 g/mol. The molecule has 0 saturated heterocycles. The molecule has 4 rings (SSSR count). The Morgan fingerprint density at radius 2 is 1.85 bits per heavy atom. The first-order chi connectivity index (χ1) is 16.0. The minimum absolute atomic E-state index is 0.197. The lowest BCUT2D eigenvalue weighted by Gasteiger charge is -2.09. The van der Waals surface area contributed by atoms with Gasteiger partial charge in [0, 0.05) is 16.8 Å². The standard InChI is InChI=1S/C26H24ClN3O3/c1-18-12-24(10-11-25(18)27)33-17-19-6-8-21(9-7-19)26(31)29-22-14-28-30(16-22)15-20-4-3-5-23(13-20)32-2/h3-14,16H,15,17H2,1-2H3,(H,29,31). The van der Waals surface area contributed by atoms with Crippen LogP contribution in [0.5, 0.6) is 11.5 Å². The van der Waals surface area contributed by atoms with Gasteiger partial charge in [-0.05, 0) is 66.1 Å². The van der Waals surface area contributed by atoms with Crippen LogP contribution in [0.2, 0.25) is 5.02 Å². The SMILES string of the molecule is COc1cccc(Cn2cc(NC(=O)c3ccc(COc4ccc(Cl)c(C)c4)cc3)cn2)c1. The number of nitrogens with zero attached hydrogens (tertiary/aromatic N) is 2. The number of hydrogen-bond donors (Lipinski definition) is 1. The molecule has 1 amide bonds. The normalized spacial score (nSPS) is 10.6. The van der Waals surface area contributed by atoms with E-state index in [1.54, 1.807) is 36.3 Å². The predicted octanol–water partition coefficient (Wildman–Crippen LogP) is 5.73. The van der Waals surface area contributed by atoms with Crippen LogP contribution in [-0.2, 0) is 13.2 Å². The second kappa shape index (κ2) is 10.2. The van der Waals surface area contributed by atoms with Gasteiger partial charge in [-0.25, -0.2) is 0 Å². The summed E-state index contributed by atoms with van der Waals surface area (Å²) in [6.45, 7) is 2.92. The van der Waals surface area contributed by atoms with Crippen molar-refractivity contribution in [2.24, 2.45) is 0 Å². The molecule has 3 aromatic carbocycles. The van der Waals surface area contributed by atoms with E-state index in [1.165, 1.54) is 0 Å². The van der Waals surface area contributed by atoms with E-state index in [2.05, 4.69) is 10.4 Å². The lowest BCUT2D eigenvalue weighted by atomic mass is 10.1. The summed E-state index contributed by atoms with van der Waals surface area (Å²) in [6, 6.07) is 20.7. The first-order valence-electron chi connectivity index (χ1n) is 10.4. The Bertz CT molecular complexity index is 1250. The Balaban J connectivity index is 1.32. The first kappa shape index (κ1) is 22.4. The average Bonchev–Trinajstić information content (AvgIpc) is 3.26. The Labute approximate surface area is 197 Å². The molecule has 0 spiro atoms. The minimum atomic E-state index is -0.197. The zero-order chi connectivity index (χ0) is 23.2. The maximum Gasteiger partial charge on any atom is 0.255 e. The second-order valence-electron chi connectivity index (χ2n) is 7.63. The van der Waals surface area contributed by atoms with Crippen molar-refractivity contribution in [1.29, 1.82) is 0 Å². The van der Waals surface area contributed by atoms with E-state index in [-0.39, 0.29) is 5.91 Å². The number of ether oxygens (including phenoxy) is 2. The minimum Gasteiger partial charge on any atom is -0.497 e. The van der Waals surface area contributed by atoms with Crippen molar-refractivity contribution in [3.05, 3.63) is 106 Å². The first-order valence-corrected chi connectivity index (χ1v) is 10.8. The van der Waals surface area contributed by atoms with Crippen molar-refractivity contribution >= 4 is 23.2 Å². The van der Waals surface area contributed by atoms with Crippen LogP contribution in [0.25, 0.3) is 0 Å². The highest BCUT2D eigenvalue weighted by Crippen LogP contribution is 2.22. The monoisotopic (exact) mass is 461 g/mol. The van der Waals surface area contributed by atoms with Crippen LogP contribution in [0.3, 0.4) is 0 Å². The highest BCUT2D eigenvalue weighted by atomic mass is 35.5. The van der Waals surface area contributed by atoms with Gasteiger partial charge in [0.1, 0.15) is 18.1 Å². The van der Waals surface area contributed by atoms with Gasteiger partial charge in [0.2, 0.25) is 0 Å². The zero-order valence-electron chi connectivity index (χ0n) is 18.4. The molecule has 0 aliphatic heterocycles. The number of aromatic nitrogens is 2. The molecule has 0 radical (unpaired) electrons. The number of carbonyl (C=O) groups is 1. The Hall–Kier alpha value is -3.77. The number of rotatable bonds is 8. The van der Waals surface area contributed by atoms with Crippen molar-refractivity contribution < 1.29 is 14.3 Å². The molecular weight excluding hydrogens is 438 g/mol. The van der Waals surface area contributed by atoms with Gasteiger partial charge in [0.15, 0.2) is 0 Å². The van der Waals surface area contributed by atoms with Crippen molar-refractivity contribution in [2.45, 2.75) is 20.1 Å². The molecule has 33 heavy (non-hydrogen) atoms. The molecule has 0 bridgehead atoms. The van der Waals surface area contributed by atoms with Gasteiger partial charge in [-0.2, -0.15) is 5.10 Å². The molecule has 0 atom stereocenters. The zero-order valence-corrected chi connectivity index (χ0v) is 19.2. The molecule has 0 aliphatic carbocycles. The largest absolute Gasteiger partial charge is 0.497 e. The molecule has 168 valence electrons. The number of carbonyl (C=O) groups excluding carboxylic acids is 1. The van der Waals surface area contributed by atoms with Gasteiger partial charge in [-0.3, -0.25) is 9.48 Å². The van der Waals surface area contributed by atoms with Crippen LogP contribution in [0.15, 0.2) is 79.1 Å². The predicted molar refractivity (Wildman–Crippen MR) is 129 cm³/mol. The van der Waals surface area contributed by atoms with Crippen molar-refractivity contribution in [3.8, 4) is 11.5 Å². The fourth-order valence-electron chi connectivity index (χ4n) is 3.30. The summed E-state index contributed by atoms with van der Waals surface area (Å²) in [5.74, 6) is 1.35. The summed E-state index contributed by atoms with van der Waals surface area (Å²) >= 11 is 6.05. The van der Waals surface area contributed by atoms with Crippen LogP contribution < -0.4 is 14.8 Å². The molecule has 6 nitrogen and oxygen atoms in total. The maximum absolute atomic E-state index is 12.6. The van der Waals surface area contributed by atoms with E-state index in [0.717, 1.165) is 28.2 Å². The van der Waals surface area contributed by atoms with Crippen LogP contribution in [0, 0.1) is 6.92 Å². The Morgan fingerprint density at radius 1 is 1.03 bits per heavy atom. The van der Waals surface area contributed by atoms with Crippen molar-refractivity contribution in [2.75, 3.05) is 12.4 Å². The maximum atomic E-state index is 12.6. The lowest BCUT2D eigenvalue weighted by Crippen LogP contribution is -2.11.